The van der Waals surface area contributed by atoms with Crippen molar-refractivity contribution in [2.45, 2.75) is 32.6 Å². The van der Waals surface area contributed by atoms with Crippen molar-refractivity contribution in [3.05, 3.63) is 77.2 Å². The number of hydrogen-bond donors (Lipinski definition) is 1. The number of furan rings is 1. The molecule has 6 nitrogen and oxygen atoms in total. The van der Waals surface area contributed by atoms with Crippen molar-refractivity contribution >= 4 is 28.5 Å². The SMILES string of the molecule is CCc1ccc(-n2nc(C)c3c2NC(=O)C[C@H]3C(=O)c2cc3ccccc3o2)cc1. The molecule has 0 unspecified atom stereocenters. The summed E-state index contributed by atoms with van der Waals surface area (Å²) in [6.45, 7) is 3.97. The van der Waals surface area contributed by atoms with Gasteiger partial charge in [0.05, 0.1) is 17.3 Å². The highest BCUT2D eigenvalue weighted by Gasteiger charge is 2.37. The Labute approximate surface area is 173 Å². The first-order chi connectivity index (χ1) is 14.5. The van der Waals surface area contributed by atoms with Gasteiger partial charge in [0.1, 0.15) is 11.4 Å². The van der Waals surface area contributed by atoms with Crippen LogP contribution in [0.1, 0.15) is 46.6 Å². The summed E-state index contributed by atoms with van der Waals surface area (Å²) >= 11 is 0. The van der Waals surface area contributed by atoms with Crippen LogP contribution in [0.2, 0.25) is 0 Å². The van der Waals surface area contributed by atoms with Crippen molar-refractivity contribution in [3.8, 4) is 5.69 Å². The third-order valence-corrected chi connectivity index (χ3v) is 5.68. The van der Waals surface area contributed by atoms with Gasteiger partial charge in [0.2, 0.25) is 11.7 Å². The van der Waals surface area contributed by atoms with Crippen LogP contribution in [0.15, 0.2) is 59.0 Å². The van der Waals surface area contributed by atoms with Gasteiger partial charge < -0.3 is 9.73 Å². The Balaban J connectivity index is 1.58. The van der Waals surface area contributed by atoms with Crippen LogP contribution in [-0.2, 0) is 11.2 Å². The van der Waals surface area contributed by atoms with Gasteiger partial charge in [-0.05, 0) is 43.2 Å². The zero-order valence-electron chi connectivity index (χ0n) is 16.8. The summed E-state index contributed by atoms with van der Waals surface area (Å²) in [5.41, 5.74) is 4.19. The van der Waals surface area contributed by atoms with Crippen LogP contribution in [0.25, 0.3) is 16.7 Å². The molecule has 1 amide bonds. The zero-order valence-corrected chi connectivity index (χ0v) is 16.8. The van der Waals surface area contributed by atoms with E-state index in [2.05, 4.69) is 17.3 Å². The molecular formula is C24H21N3O3. The van der Waals surface area contributed by atoms with Gasteiger partial charge in [-0.1, -0.05) is 37.3 Å². The molecule has 5 rings (SSSR count). The molecule has 1 aliphatic rings. The summed E-state index contributed by atoms with van der Waals surface area (Å²) in [4.78, 5) is 25.9. The van der Waals surface area contributed by atoms with Crippen LogP contribution in [-0.4, -0.2) is 21.5 Å². The van der Waals surface area contributed by atoms with E-state index in [4.69, 9.17) is 4.42 Å². The molecule has 0 spiro atoms. The quantitative estimate of drug-likeness (QED) is 0.500. The maximum absolute atomic E-state index is 13.3. The number of para-hydroxylation sites is 1. The maximum atomic E-state index is 13.3. The molecule has 6 heteroatoms. The molecule has 0 fully saturated rings. The molecule has 0 saturated carbocycles. The lowest BCUT2D eigenvalue weighted by atomic mass is 9.87. The number of nitrogens with zero attached hydrogens (tertiary/aromatic N) is 2. The smallest absolute Gasteiger partial charge is 0.226 e. The lowest BCUT2D eigenvalue weighted by molar-refractivity contribution is -0.116. The first-order valence-corrected chi connectivity index (χ1v) is 10.1. The predicted molar refractivity (Wildman–Crippen MR) is 114 cm³/mol. The minimum atomic E-state index is -0.627. The van der Waals surface area contributed by atoms with E-state index < -0.39 is 5.92 Å². The van der Waals surface area contributed by atoms with Gasteiger partial charge in [0.15, 0.2) is 5.76 Å². The first-order valence-electron chi connectivity index (χ1n) is 10.1. The molecule has 4 aromatic rings. The Morgan fingerprint density at radius 2 is 1.97 bits per heavy atom. The Morgan fingerprint density at radius 3 is 2.70 bits per heavy atom. The fourth-order valence-corrected chi connectivity index (χ4v) is 4.11. The summed E-state index contributed by atoms with van der Waals surface area (Å²) in [7, 11) is 0. The second-order valence-electron chi connectivity index (χ2n) is 7.60. The molecule has 1 N–H and O–H groups in total. The van der Waals surface area contributed by atoms with Gasteiger partial charge >= 0.3 is 0 Å². The van der Waals surface area contributed by atoms with Gasteiger partial charge in [-0.25, -0.2) is 4.68 Å². The molecule has 0 bridgehead atoms. The molecule has 1 atom stereocenters. The number of Topliss-reactive ketones (excluding diaryl/α,β-unsaturated/α-hetero) is 1. The van der Waals surface area contributed by atoms with Crippen LogP contribution in [0.5, 0.6) is 0 Å². The fourth-order valence-electron chi connectivity index (χ4n) is 4.11. The molecular weight excluding hydrogens is 378 g/mol. The van der Waals surface area contributed by atoms with Crippen LogP contribution >= 0.6 is 0 Å². The van der Waals surface area contributed by atoms with E-state index in [0.29, 0.717) is 11.4 Å². The number of hydrogen-bond acceptors (Lipinski definition) is 4. The predicted octanol–water partition coefficient (Wildman–Crippen LogP) is 4.80. The van der Waals surface area contributed by atoms with Crippen molar-refractivity contribution < 1.29 is 14.0 Å². The maximum Gasteiger partial charge on any atom is 0.226 e. The van der Waals surface area contributed by atoms with Crippen molar-refractivity contribution in [1.29, 1.82) is 0 Å². The van der Waals surface area contributed by atoms with E-state index in [1.54, 1.807) is 10.7 Å². The molecule has 2 aromatic heterocycles. The zero-order chi connectivity index (χ0) is 20.8. The average Bonchev–Trinajstić information content (AvgIpc) is 3.34. The number of carbonyl (C=O) groups is 2. The summed E-state index contributed by atoms with van der Waals surface area (Å²) in [6, 6.07) is 17.3. The Morgan fingerprint density at radius 1 is 1.20 bits per heavy atom. The number of fused-ring (bicyclic) bond motifs is 2. The highest BCUT2D eigenvalue weighted by atomic mass is 16.3. The number of amides is 1. The van der Waals surface area contributed by atoms with Crippen LogP contribution < -0.4 is 5.32 Å². The highest BCUT2D eigenvalue weighted by Crippen LogP contribution is 2.39. The number of rotatable bonds is 4. The standard InChI is InChI=1S/C24H21N3O3/c1-3-15-8-10-17(11-9-15)27-24-22(14(2)26-27)18(13-21(28)25-24)23(29)20-12-16-6-4-5-7-19(16)30-20/h4-12,18H,3,13H2,1-2H3,(H,25,28)/t18-/m1/s1. The Kier molecular flexibility index (Phi) is 4.28. The van der Waals surface area contributed by atoms with E-state index >= 15 is 0 Å². The minimum Gasteiger partial charge on any atom is -0.453 e. The van der Waals surface area contributed by atoms with Crippen molar-refractivity contribution in [2.75, 3.05) is 5.32 Å². The Bertz CT molecular complexity index is 1250. The number of aryl methyl sites for hydroxylation is 2. The van der Waals surface area contributed by atoms with Gasteiger partial charge in [-0.2, -0.15) is 5.10 Å². The molecule has 150 valence electrons. The fraction of sp³-hybridized carbons (Fsp3) is 0.208. The van der Waals surface area contributed by atoms with Gasteiger partial charge in [0, 0.05) is 17.4 Å². The van der Waals surface area contributed by atoms with E-state index in [1.807, 2.05) is 55.5 Å². The van der Waals surface area contributed by atoms with Crippen molar-refractivity contribution in [1.82, 2.24) is 9.78 Å². The van der Waals surface area contributed by atoms with Gasteiger partial charge in [-0.15, -0.1) is 0 Å². The monoisotopic (exact) mass is 399 g/mol. The molecule has 0 radical (unpaired) electrons. The van der Waals surface area contributed by atoms with Crippen molar-refractivity contribution in [2.24, 2.45) is 0 Å². The van der Waals surface area contributed by atoms with E-state index in [9.17, 15) is 9.59 Å². The molecule has 30 heavy (non-hydrogen) atoms. The molecule has 0 aliphatic carbocycles. The summed E-state index contributed by atoms with van der Waals surface area (Å²) < 4.78 is 7.49. The summed E-state index contributed by atoms with van der Waals surface area (Å²) in [6.07, 6.45) is 1.02. The van der Waals surface area contributed by atoms with Crippen LogP contribution in [0.4, 0.5) is 5.82 Å². The number of aromatic nitrogens is 2. The molecule has 0 saturated heterocycles. The largest absolute Gasteiger partial charge is 0.453 e. The topological polar surface area (TPSA) is 77.1 Å². The van der Waals surface area contributed by atoms with Crippen LogP contribution in [0.3, 0.4) is 0 Å². The normalized spacial score (nSPS) is 15.8. The van der Waals surface area contributed by atoms with E-state index in [0.717, 1.165) is 28.8 Å². The third kappa shape index (κ3) is 2.92. The third-order valence-electron chi connectivity index (χ3n) is 5.68. The number of carbonyl (C=O) groups excluding carboxylic acids is 2. The van der Waals surface area contributed by atoms with Crippen LogP contribution in [0, 0.1) is 6.92 Å². The first kappa shape index (κ1) is 18.4. The minimum absolute atomic E-state index is 0.0736. The second-order valence-corrected chi connectivity index (χ2v) is 7.60. The number of nitrogens with one attached hydrogen (secondary N) is 1. The lowest BCUT2D eigenvalue weighted by Crippen LogP contribution is -2.28. The molecule has 1 aliphatic heterocycles. The van der Waals surface area contributed by atoms with E-state index in [1.165, 1.54) is 5.56 Å². The number of ketones is 1. The van der Waals surface area contributed by atoms with Gasteiger partial charge in [-0.3, -0.25) is 9.59 Å². The number of benzene rings is 2. The lowest BCUT2D eigenvalue weighted by Gasteiger charge is -2.22. The Hall–Kier alpha value is -3.67. The summed E-state index contributed by atoms with van der Waals surface area (Å²) in [5.74, 6) is -0.212. The molecule has 2 aromatic carbocycles. The summed E-state index contributed by atoms with van der Waals surface area (Å²) in [5, 5.41) is 8.42. The highest BCUT2D eigenvalue weighted by molar-refractivity contribution is 6.08. The average molecular weight is 399 g/mol. The van der Waals surface area contributed by atoms with Crippen molar-refractivity contribution in [3.63, 3.8) is 0 Å². The van der Waals surface area contributed by atoms with E-state index in [-0.39, 0.29) is 23.9 Å². The molecule has 3 heterocycles. The van der Waals surface area contributed by atoms with Gasteiger partial charge in [0.25, 0.3) is 0 Å². The second kappa shape index (κ2) is 6.99. The number of anilines is 1.